The molecular formula is C25H26F3N5O. The molecule has 6 nitrogen and oxygen atoms in total. The SMILES string of the molecule is Cc1ccc(C2CC(C(F)(F)F)n3nc(C(=O)N4CCN(c5ccccc5)CC4)cc3N2)cc1. The van der Waals surface area contributed by atoms with Gasteiger partial charge in [0.25, 0.3) is 5.91 Å². The molecule has 2 aromatic carbocycles. The average molecular weight is 470 g/mol. The summed E-state index contributed by atoms with van der Waals surface area (Å²) >= 11 is 0. The zero-order valence-electron chi connectivity index (χ0n) is 18.8. The van der Waals surface area contributed by atoms with E-state index in [1.165, 1.54) is 6.07 Å². The molecule has 5 rings (SSSR count). The van der Waals surface area contributed by atoms with Crippen LogP contribution < -0.4 is 10.2 Å². The maximum absolute atomic E-state index is 14.0. The lowest BCUT2D eigenvalue weighted by Crippen LogP contribution is -2.49. The van der Waals surface area contributed by atoms with Crippen LogP contribution in [-0.2, 0) is 0 Å². The first-order chi connectivity index (χ1) is 16.3. The third-order valence-electron chi connectivity index (χ3n) is 6.58. The average Bonchev–Trinajstić information content (AvgIpc) is 3.27. The van der Waals surface area contributed by atoms with Crippen molar-refractivity contribution in [1.29, 1.82) is 0 Å². The molecule has 3 aromatic rings. The lowest BCUT2D eigenvalue weighted by atomic mass is 9.96. The van der Waals surface area contributed by atoms with Crippen molar-refractivity contribution in [2.75, 3.05) is 36.4 Å². The van der Waals surface area contributed by atoms with Crippen LogP contribution in [0, 0.1) is 6.92 Å². The maximum Gasteiger partial charge on any atom is 0.410 e. The molecule has 0 saturated carbocycles. The van der Waals surface area contributed by atoms with E-state index in [0.717, 1.165) is 21.5 Å². The van der Waals surface area contributed by atoms with Gasteiger partial charge >= 0.3 is 6.18 Å². The van der Waals surface area contributed by atoms with E-state index in [1.807, 2.05) is 61.5 Å². The Kier molecular flexibility index (Phi) is 5.71. The molecule has 178 valence electrons. The number of fused-ring (bicyclic) bond motifs is 1. The highest BCUT2D eigenvalue weighted by Gasteiger charge is 2.47. The number of halogens is 3. The van der Waals surface area contributed by atoms with E-state index in [4.69, 9.17) is 0 Å². The summed E-state index contributed by atoms with van der Waals surface area (Å²) in [7, 11) is 0. The minimum absolute atomic E-state index is 0.0365. The molecule has 2 unspecified atom stereocenters. The zero-order valence-corrected chi connectivity index (χ0v) is 18.8. The second-order valence-corrected chi connectivity index (χ2v) is 8.87. The molecule has 1 fully saturated rings. The molecule has 34 heavy (non-hydrogen) atoms. The van der Waals surface area contributed by atoms with Gasteiger partial charge in [0.15, 0.2) is 11.7 Å². The number of hydrogen-bond acceptors (Lipinski definition) is 4. The number of benzene rings is 2. The van der Waals surface area contributed by atoms with Gasteiger partial charge in [0.1, 0.15) is 5.82 Å². The van der Waals surface area contributed by atoms with Gasteiger partial charge in [-0.2, -0.15) is 18.3 Å². The monoisotopic (exact) mass is 469 g/mol. The number of nitrogens with one attached hydrogen (secondary N) is 1. The highest BCUT2D eigenvalue weighted by Crippen LogP contribution is 2.43. The number of carbonyl (C=O) groups excluding carboxylic acids is 1. The van der Waals surface area contributed by atoms with Crippen molar-refractivity contribution in [3.8, 4) is 0 Å². The first-order valence-corrected chi connectivity index (χ1v) is 11.4. The van der Waals surface area contributed by atoms with E-state index in [0.29, 0.717) is 26.2 Å². The van der Waals surface area contributed by atoms with Gasteiger partial charge in [0.2, 0.25) is 0 Å². The molecule has 0 radical (unpaired) electrons. The summed E-state index contributed by atoms with van der Waals surface area (Å²) in [6.07, 6.45) is -4.67. The Balaban J connectivity index is 1.35. The fourth-order valence-electron chi connectivity index (χ4n) is 4.66. The number of piperazine rings is 1. The summed E-state index contributed by atoms with van der Waals surface area (Å²) in [6, 6.07) is 16.5. The molecule has 2 aliphatic heterocycles. The topological polar surface area (TPSA) is 53.4 Å². The molecule has 2 atom stereocenters. The molecule has 3 heterocycles. The number of alkyl halides is 3. The zero-order chi connectivity index (χ0) is 23.9. The fourth-order valence-corrected chi connectivity index (χ4v) is 4.66. The highest BCUT2D eigenvalue weighted by atomic mass is 19.4. The summed E-state index contributed by atoms with van der Waals surface area (Å²) in [5.74, 6) is -0.130. The number of para-hydroxylation sites is 1. The Morgan fingerprint density at radius 2 is 1.68 bits per heavy atom. The van der Waals surface area contributed by atoms with Crippen LogP contribution in [0.25, 0.3) is 0 Å². The van der Waals surface area contributed by atoms with Crippen LogP contribution >= 0.6 is 0 Å². The van der Waals surface area contributed by atoms with Gasteiger partial charge in [-0.25, -0.2) is 4.68 Å². The van der Waals surface area contributed by atoms with Crippen molar-refractivity contribution in [1.82, 2.24) is 14.7 Å². The highest BCUT2D eigenvalue weighted by molar-refractivity contribution is 5.93. The molecule has 9 heteroatoms. The van der Waals surface area contributed by atoms with Crippen molar-refractivity contribution >= 4 is 17.4 Å². The molecule has 1 aromatic heterocycles. The first-order valence-electron chi connectivity index (χ1n) is 11.4. The quantitative estimate of drug-likeness (QED) is 0.598. The number of anilines is 2. The second-order valence-electron chi connectivity index (χ2n) is 8.87. The van der Waals surface area contributed by atoms with Crippen molar-refractivity contribution in [2.45, 2.75) is 31.6 Å². The Bertz CT molecular complexity index is 1150. The largest absolute Gasteiger partial charge is 0.410 e. The maximum atomic E-state index is 14.0. The van der Waals surface area contributed by atoms with E-state index >= 15 is 0 Å². The summed E-state index contributed by atoms with van der Waals surface area (Å²) in [4.78, 5) is 17.0. The molecule has 0 spiro atoms. The Hall–Kier alpha value is -3.49. The fraction of sp³-hybridized carbons (Fsp3) is 0.360. The van der Waals surface area contributed by atoms with Crippen molar-refractivity contribution in [2.24, 2.45) is 0 Å². The minimum atomic E-state index is -4.48. The molecule has 0 aliphatic carbocycles. The minimum Gasteiger partial charge on any atom is -0.368 e. The number of nitrogens with zero attached hydrogens (tertiary/aromatic N) is 4. The van der Waals surface area contributed by atoms with Gasteiger partial charge in [-0.05, 0) is 24.6 Å². The van der Waals surface area contributed by atoms with Crippen LogP contribution in [0.15, 0.2) is 60.7 Å². The van der Waals surface area contributed by atoms with Crippen LogP contribution in [0.3, 0.4) is 0 Å². The van der Waals surface area contributed by atoms with E-state index in [-0.39, 0.29) is 23.8 Å². The van der Waals surface area contributed by atoms with Crippen molar-refractivity contribution in [3.63, 3.8) is 0 Å². The van der Waals surface area contributed by atoms with E-state index in [9.17, 15) is 18.0 Å². The summed E-state index contributed by atoms with van der Waals surface area (Å²) in [5.41, 5.74) is 2.94. The molecule has 1 saturated heterocycles. The second kappa shape index (κ2) is 8.70. The number of aromatic nitrogens is 2. The first kappa shape index (κ1) is 22.3. The third kappa shape index (κ3) is 4.34. The van der Waals surface area contributed by atoms with E-state index in [1.54, 1.807) is 4.90 Å². The van der Waals surface area contributed by atoms with Crippen LogP contribution in [-0.4, -0.2) is 52.9 Å². The lowest BCUT2D eigenvalue weighted by molar-refractivity contribution is -0.173. The summed E-state index contributed by atoms with van der Waals surface area (Å²) < 4.78 is 42.8. The summed E-state index contributed by atoms with van der Waals surface area (Å²) in [6.45, 7) is 4.21. The van der Waals surface area contributed by atoms with Crippen LogP contribution in [0.1, 0.15) is 40.1 Å². The third-order valence-corrected chi connectivity index (χ3v) is 6.58. The predicted octanol–water partition coefficient (Wildman–Crippen LogP) is 4.81. The smallest absolute Gasteiger partial charge is 0.368 e. The van der Waals surface area contributed by atoms with Gasteiger partial charge in [-0.15, -0.1) is 0 Å². The van der Waals surface area contributed by atoms with Gasteiger partial charge in [-0.1, -0.05) is 48.0 Å². The predicted molar refractivity (Wildman–Crippen MR) is 124 cm³/mol. The van der Waals surface area contributed by atoms with Gasteiger partial charge in [0, 0.05) is 44.4 Å². The molecule has 1 N–H and O–H groups in total. The van der Waals surface area contributed by atoms with Crippen molar-refractivity contribution < 1.29 is 18.0 Å². The molecular weight excluding hydrogens is 443 g/mol. The molecule has 0 bridgehead atoms. The Morgan fingerprint density at radius 3 is 2.32 bits per heavy atom. The molecule has 2 aliphatic rings. The summed E-state index contributed by atoms with van der Waals surface area (Å²) in [5, 5.41) is 7.29. The number of amides is 1. The molecule has 1 amide bonds. The number of hydrogen-bond donors (Lipinski definition) is 1. The number of rotatable bonds is 3. The lowest BCUT2D eigenvalue weighted by Gasteiger charge is -2.35. The van der Waals surface area contributed by atoms with Gasteiger partial charge in [0.05, 0.1) is 6.04 Å². The van der Waals surface area contributed by atoms with Crippen LogP contribution in [0.5, 0.6) is 0 Å². The van der Waals surface area contributed by atoms with E-state index in [2.05, 4.69) is 15.3 Å². The van der Waals surface area contributed by atoms with E-state index < -0.39 is 18.3 Å². The Labute approximate surface area is 196 Å². The number of aryl methyl sites for hydroxylation is 1. The van der Waals surface area contributed by atoms with Gasteiger partial charge < -0.3 is 15.1 Å². The van der Waals surface area contributed by atoms with Crippen LogP contribution in [0.4, 0.5) is 24.7 Å². The Morgan fingerprint density at radius 1 is 1.00 bits per heavy atom. The van der Waals surface area contributed by atoms with Crippen molar-refractivity contribution in [3.05, 3.63) is 77.5 Å². The van der Waals surface area contributed by atoms with Crippen LogP contribution in [0.2, 0.25) is 0 Å². The number of carbonyl (C=O) groups is 1. The van der Waals surface area contributed by atoms with Gasteiger partial charge in [-0.3, -0.25) is 4.79 Å². The standard InChI is InChI=1S/C25H26F3N5O/c1-17-7-9-18(10-8-17)20-15-22(25(26,27)28)33-23(29-20)16-21(30-33)24(34)32-13-11-31(12-14-32)19-5-3-2-4-6-19/h2-10,16,20,22,29H,11-15H2,1H3. The normalized spacial score (nSPS) is 20.6.